The lowest BCUT2D eigenvalue weighted by atomic mass is 10.1. The Morgan fingerprint density at radius 1 is 1.13 bits per heavy atom. The highest BCUT2D eigenvalue weighted by Gasteiger charge is 2.34. The number of thiocarbonyl (C=S) groups is 1. The predicted molar refractivity (Wildman–Crippen MR) is 111 cm³/mol. The summed E-state index contributed by atoms with van der Waals surface area (Å²) < 4.78 is 10.2. The van der Waals surface area contributed by atoms with Gasteiger partial charge >= 0.3 is 5.97 Å². The molecule has 0 unspecified atom stereocenters. The van der Waals surface area contributed by atoms with E-state index < -0.39 is 17.8 Å². The number of phenolic OH excluding ortho intramolecular Hbond substituents is 1. The van der Waals surface area contributed by atoms with Gasteiger partial charge in [0.2, 0.25) is 5.75 Å². The van der Waals surface area contributed by atoms with Crippen LogP contribution in [0, 0.1) is 0 Å². The van der Waals surface area contributed by atoms with E-state index in [0.29, 0.717) is 5.56 Å². The molecule has 0 aromatic heterocycles. The highest BCUT2D eigenvalue weighted by Crippen LogP contribution is 2.38. The lowest BCUT2D eigenvalue weighted by Crippen LogP contribution is -2.54. The minimum absolute atomic E-state index is 0.0430. The summed E-state index contributed by atoms with van der Waals surface area (Å²) in [6.07, 6.45) is 1.29. The second kappa shape index (κ2) is 8.21. The van der Waals surface area contributed by atoms with Crippen molar-refractivity contribution in [1.29, 1.82) is 0 Å². The van der Waals surface area contributed by atoms with E-state index in [1.54, 1.807) is 0 Å². The van der Waals surface area contributed by atoms with Crippen molar-refractivity contribution in [2.45, 2.75) is 0 Å². The number of nitrogens with one attached hydrogen (secondary N) is 1. The highest BCUT2D eigenvalue weighted by atomic mass is 32.1. The minimum atomic E-state index is -1.17. The van der Waals surface area contributed by atoms with Crippen LogP contribution in [0.3, 0.4) is 0 Å². The van der Waals surface area contributed by atoms with Gasteiger partial charge in [-0.25, -0.2) is 4.79 Å². The van der Waals surface area contributed by atoms with Crippen LogP contribution in [-0.4, -0.2) is 47.3 Å². The quantitative estimate of drug-likeness (QED) is 0.375. The largest absolute Gasteiger partial charge is 0.502 e. The lowest BCUT2D eigenvalue weighted by Gasteiger charge is -2.29. The third kappa shape index (κ3) is 3.80. The van der Waals surface area contributed by atoms with Gasteiger partial charge in [0.25, 0.3) is 11.8 Å². The molecular formula is C20H16N2O7S. The number of carboxylic acids is 1. The molecule has 1 aliphatic rings. The van der Waals surface area contributed by atoms with E-state index in [9.17, 15) is 24.6 Å². The van der Waals surface area contributed by atoms with E-state index in [0.717, 1.165) is 4.90 Å². The normalized spacial score (nSPS) is 15.2. The number of ether oxygens (including phenoxy) is 2. The predicted octanol–water partition coefficient (Wildman–Crippen LogP) is 1.94. The average molecular weight is 428 g/mol. The molecule has 2 aromatic carbocycles. The maximum atomic E-state index is 13.1. The molecule has 0 atom stereocenters. The van der Waals surface area contributed by atoms with Crippen LogP contribution in [0.2, 0.25) is 0 Å². The Hall–Kier alpha value is -3.92. The topological polar surface area (TPSA) is 125 Å². The fraction of sp³-hybridized carbons (Fsp3) is 0.100. The molecule has 1 heterocycles. The van der Waals surface area contributed by atoms with Crippen molar-refractivity contribution < 1.29 is 34.1 Å². The maximum absolute atomic E-state index is 13.1. The van der Waals surface area contributed by atoms with Crippen LogP contribution in [0.15, 0.2) is 42.0 Å². The molecule has 2 amide bonds. The number of nitrogens with zero attached hydrogens (tertiary/aromatic N) is 1. The van der Waals surface area contributed by atoms with Crippen LogP contribution in [-0.2, 0) is 9.59 Å². The number of aromatic hydroxyl groups is 1. The van der Waals surface area contributed by atoms with Crippen molar-refractivity contribution in [2.75, 3.05) is 19.1 Å². The Morgan fingerprint density at radius 3 is 2.33 bits per heavy atom. The Labute approximate surface area is 176 Å². The van der Waals surface area contributed by atoms with Crippen molar-refractivity contribution >= 4 is 46.9 Å². The molecule has 10 heteroatoms. The first kappa shape index (κ1) is 20.8. The molecule has 30 heavy (non-hydrogen) atoms. The number of carbonyl (C=O) groups is 3. The number of hydrogen-bond acceptors (Lipinski definition) is 7. The van der Waals surface area contributed by atoms with E-state index in [4.69, 9.17) is 21.7 Å². The van der Waals surface area contributed by atoms with Gasteiger partial charge < -0.3 is 19.7 Å². The Morgan fingerprint density at radius 2 is 1.77 bits per heavy atom. The summed E-state index contributed by atoms with van der Waals surface area (Å²) in [6.45, 7) is 0. The van der Waals surface area contributed by atoms with Gasteiger partial charge in [0.1, 0.15) is 5.57 Å². The molecule has 0 spiro atoms. The molecule has 1 saturated heterocycles. The second-order valence-electron chi connectivity index (χ2n) is 6.09. The molecular weight excluding hydrogens is 412 g/mol. The van der Waals surface area contributed by atoms with Crippen LogP contribution in [0.5, 0.6) is 17.2 Å². The zero-order valence-corrected chi connectivity index (χ0v) is 16.6. The molecule has 154 valence electrons. The van der Waals surface area contributed by atoms with E-state index in [1.165, 1.54) is 56.7 Å². The van der Waals surface area contributed by atoms with Gasteiger partial charge in [-0.1, -0.05) is 6.07 Å². The van der Waals surface area contributed by atoms with Gasteiger partial charge in [-0.05, 0) is 54.2 Å². The Balaban J connectivity index is 2.07. The minimum Gasteiger partial charge on any atom is -0.502 e. The average Bonchev–Trinajstić information content (AvgIpc) is 2.72. The van der Waals surface area contributed by atoms with Crippen LogP contribution in [0.4, 0.5) is 5.69 Å². The molecule has 1 fully saturated rings. The molecule has 0 aliphatic carbocycles. The van der Waals surface area contributed by atoms with E-state index >= 15 is 0 Å². The molecule has 3 N–H and O–H groups in total. The van der Waals surface area contributed by atoms with Crippen LogP contribution in [0.1, 0.15) is 15.9 Å². The number of phenols is 1. The first-order chi connectivity index (χ1) is 14.3. The molecule has 1 aliphatic heterocycles. The summed E-state index contributed by atoms with van der Waals surface area (Å²) >= 11 is 5.11. The number of anilines is 1. The number of carboxylic acid groups (broad SMARTS) is 1. The number of methoxy groups -OCH3 is 2. The van der Waals surface area contributed by atoms with Gasteiger partial charge in [-0.2, -0.15) is 0 Å². The Kier molecular flexibility index (Phi) is 5.70. The monoisotopic (exact) mass is 428 g/mol. The maximum Gasteiger partial charge on any atom is 0.335 e. The summed E-state index contributed by atoms with van der Waals surface area (Å²) in [7, 11) is 2.69. The van der Waals surface area contributed by atoms with Crippen LogP contribution < -0.4 is 19.7 Å². The van der Waals surface area contributed by atoms with E-state index in [2.05, 4.69) is 5.32 Å². The second-order valence-corrected chi connectivity index (χ2v) is 6.47. The fourth-order valence-corrected chi connectivity index (χ4v) is 3.11. The van der Waals surface area contributed by atoms with Crippen molar-refractivity contribution in [2.24, 2.45) is 0 Å². The zero-order chi connectivity index (χ0) is 22.0. The lowest BCUT2D eigenvalue weighted by molar-refractivity contribution is -0.122. The number of aromatic carboxylic acids is 1. The summed E-state index contributed by atoms with van der Waals surface area (Å²) in [6, 6.07) is 8.45. The summed E-state index contributed by atoms with van der Waals surface area (Å²) in [5.74, 6) is -2.68. The van der Waals surface area contributed by atoms with Crippen molar-refractivity contribution in [1.82, 2.24) is 5.32 Å². The van der Waals surface area contributed by atoms with E-state index in [-0.39, 0.29) is 39.2 Å². The van der Waals surface area contributed by atoms with E-state index in [1.807, 2.05) is 0 Å². The van der Waals surface area contributed by atoms with Gasteiger partial charge in [0, 0.05) is 0 Å². The summed E-state index contributed by atoms with van der Waals surface area (Å²) in [5, 5.41) is 21.5. The summed E-state index contributed by atoms with van der Waals surface area (Å²) in [4.78, 5) is 37.8. The number of amides is 2. The third-order valence-electron chi connectivity index (χ3n) is 4.27. The zero-order valence-electron chi connectivity index (χ0n) is 15.8. The SMILES string of the molecule is COc1cc(C=C2C(=O)NC(=S)N(c3cccc(C(=O)O)c3)C2=O)cc(OC)c1O. The smallest absolute Gasteiger partial charge is 0.335 e. The molecule has 0 bridgehead atoms. The first-order valence-electron chi connectivity index (χ1n) is 8.46. The molecule has 0 saturated carbocycles. The number of rotatable bonds is 5. The van der Waals surface area contributed by atoms with Crippen molar-refractivity contribution in [3.8, 4) is 17.2 Å². The van der Waals surface area contributed by atoms with Gasteiger partial charge in [-0.3, -0.25) is 19.8 Å². The molecule has 3 rings (SSSR count). The van der Waals surface area contributed by atoms with Gasteiger partial charge in [-0.15, -0.1) is 0 Å². The number of carbonyl (C=O) groups excluding carboxylic acids is 2. The van der Waals surface area contributed by atoms with Crippen molar-refractivity contribution in [3.63, 3.8) is 0 Å². The number of hydrogen-bond donors (Lipinski definition) is 3. The molecule has 9 nitrogen and oxygen atoms in total. The first-order valence-corrected chi connectivity index (χ1v) is 8.87. The number of benzene rings is 2. The van der Waals surface area contributed by atoms with Gasteiger partial charge in [0.15, 0.2) is 16.6 Å². The summed E-state index contributed by atoms with van der Waals surface area (Å²) in [5.41, 5.74) is 0.251. The van der Waals surface area contributed by atoms with Gasteiger partial charge in [0.05, 0.1) is 25.5 Å². The van der Waals surface area contributed by atoms with Crippen molar-refractivity contribution in [3.05, 3.63) is 53.1 Å². The molecule has 2 aromatic rings. The van der Waals surface area contributed by atoms with Crippen LogP contribution >= 0.6 is 12.2 Å². The highest BCUT2D eigenvalue weighted by molar-refractivity contribution is 7.80. The fourth-order valence-electron chi connectivity index (χ4n) is 2.83. The Bertz CT molecular complexity index is 1090. The van der Waals surface area contributed by atoms with Crippen LogP contribution in [0.25, 0.3) is 6.08 Å². The molecule has 0 radical (unpaired) electrons. The standard InChI is InChI=1S/C20H16N2O7S/c1-28-14-7-10(8-15(29-2)16(14)23)6-13-17(24)21-20(30)22(18(13)25)12-5-3-4-11(9-12)19(26)27/h3-9,23H,1-2H3,(H,26,27)(H,21,24,30). The third-order valence-corrected chi connectivity index (χ3v) is 4.55.